The quantitative estimate of drug-likeness (QED) is 0.733. The molecular weight excluding hydrogens is 404 g/mol. The molecule has 2 fully saturated rings. The highest BCUT2D eigenvalue weighted by Gasteiger charge is 2.37. The summed E-state index contributed by atoms with van der Waals surface area (Å²) in [4.78, 5) is 27.8. The molecule has 0 spiro atoms. The van der Waals surface area contributed by atoms with Gasteiger partial charge in [0.25, 0.3) is 15.9 Å². The minimum atomic E-state index is -3.75. The lowest BCUT2D eigenvalue weighted by Gasteiger charge is -2.33. The van der Waals surface area contributed by atoms with Crippen molar-refractivity contribution in [1.82, 2.24) is 28.7 Å². The average molecular weight is 433 g/mol. The topological polar surface area (TPSA) is 101 Å². The third-order valence-corrected chi connectivity index (χ3v) is 7.67. The molecule has 0 aliphatic carbocycles. The zero-order valence-electron chi connectivity index (χ0n) is 17.5. The van der Waals surface area contributed by atoms with Crippen molar-refractivity contribution < 1.29 is 13.2 Å². The van der Waals surface area contributed by atoms with Crippen molar-refractivity contribution in [2.24, 2.45) is 7.05 Å². The molecule has 0 N–H and O–H groups in total. The number of piperidine rings is 2. The van der Waals surface area contributed by atoms with Crippen LogP contribution in [0.1, 0.15) is 66.4 Å². The monoisotopic (exact) mass is 432 g/mol. The summed E-state index contributed by atoms with van der Waals surface area (Å²) in [6.07, 6.45) is 10.1. The van der Waals surface area contributed by atoms with Crippen LogP contribution >= 0.6 is 0 Å². The minimum absolute atomic E-state index is 0.0329. The van der Waals surface area contributed by atoms with E-state index in [1.807, 2.05) is 4.90 Å². The molecule has 1 unspecified atom stereocenters. The molecule has 0 saturated carbocycles. The van der Waals surface area contributed by atoms with Crippen LogP contribution < -0.4 is 0 Å². The Balaban J connectivity index is 1.61. The molecule has 2 aromatic rings. The standard InChI is InChI=1S/C20H28N6O3S/c1-15-16(20(27)25-9-5-3-6-10-25)12-21-19(23-15)17-8-4-7-11-26(17)30(28,29)18-13-24(2)14-22-18/h12-14,17H,3-11H2,1-2H3. The Bertz CT molecular complexity index is 1030. The fourth-order valence-electron chi connectivity index (χ4n) is 4.22. The second-order valence-electron chi connectivity index (χ2n) is 8.08. The molecule has 162 valence electrons. The number of imidazole rings is 1. The second kappa shape index (κ2) is 8.43. The number of likely N-dealkylation sites (tertiary alicyclic amines) is 1. The predicted molar refractivity (Wildman–Crippen MR) is 110 cm³/mol. The molecule has 10 heteroatoms. The highest BCUT2D eigenvalue weighted by Crippen LogP contribution is 2.33. The number of amides is 1. The van der Waals surface area contributed by atoms with Crippen LogP contribution in [0, 0.1) is 6.92 Å². The van der Waals surface area contributed by atoms with Crippen molar-refractivity contribution in [3.05, 3.63) is 35.8 Å². The number of nitrogens with zero attached hydrogens (tertiary/aromatic N) is 6. The van der Waals surface area contributed by atoms with Crippen molar-refractivity contribution in [3.63, 3.8) is 0 Å². The fraction of sp³-hybridized carbons (Fsp3) is 0.600. The lowest BCUT2D eigenvalue weighted by atomic mass is 10.0. The molecule has 9 nitrogen and oxygen atoms in total. The van der Waals surface area contributed by atoms with E-state index in [9.17, 15) is 13.2 Å². The average Bonchev–Trinajstić information content (AvgIpc) is 3.21. The van der Waals surface area contributed by atoms with Gasteiger partial charge in [0.05, 0.1) is 23.6 Å². The number of rotatable bonds is 4. The van der Waals surface area contributed by atoms with E-state index in [1.165, 1.54) is 16.8 Å². The highest BCUT2D eigenvalue weighted by molar-refractivity contribution is 7.89. The third-order valence-electron chi connectivity index (χ3n) is 5.88. The normalized spacial score (nSPS) is 21.0. The second-order valence-corrected chi connectivity index (χ2v) is 9.92. The zero-order chi connectivity index (χ0) is 21.3. The summed E-state index contributed by atoms with van der Waals surface area (Å²) in [5.74, 6) is 0.405. The van der Waals surface area contributed by atoms with E-state index in [0.29, 0.717) is 30.0 Å². The van der Waals surface area contributed by atoms with Crippen molar-refractivity contribution in [1.29, 1.82) is 0 Å². The van der Waals surface area contributed by atoms with Crippen molar-refractivity contribution in [2.75, 3.05) is 19.6 Å². The molecule has 0 radical (unpaired) electrons. The molecule has 0 aromatic carbocycles. The Morgan fingerprint density at radius 1 is 1.07 bits per heavy atom. The molecule has 1 amide bonds. The largest absolute Gasteiger partial charge is 0.339 e. The van der Waals surface area contributed by atoms with Crippen molar-refractivity contribution >= 4 is 15.9 Å². The van der Waals surface area contributed by atoms with E-state index in [1.54, 1.807) is 24.7 Å². The van der Waals surface area contributed by atoms with Gasteiger partial charge in [-0.2, -0.15) is 4.31 Å². The Morgan fingerprint density at radius 3 is 2.47 bits per heavy atom. The molecular formula is C20H28N6O3S. The van der Waals surface area contributed by atoms with Gasteiger partial charge in [-0.3, -0.25) is 4.79 Å². The van der Waals surface area contributed by atoms with Gasteiger partial charge in [-0.15, -0.1) is 0 Å². The van der Waals surface area contributed by atoms with Crippen LogP contribution in [0.3, 0.4) is 0 Å². The van der Waals surface area contributed by atoms with Crippen LogP contribution in [0.15, 0.2) is 23.7 Å². The van der Waals surface area contributed by atoms with Crippen molar-refractivity contribution in [3.8, 4) is 0 Å². The molecule has 2 aromatic heterocycles. The van der Waals surface area contributed by atoms with Crippen LogP contribution in [-0.4, -0.2) is 62.7 Å². The molecule has 0 bridgehead atoms. The molecule has 2 aliphatic rings. The number of hydrogen-bond acceptors (Lipinski definition) is 6. The van der Waals surface area contributed by atoms with Crippen molar-refractivity contribution in [2.45, 2.75) is 56.5 Å². The third kappa shape index (κ3) is 3.98. The summed E-state index contributed by atoms with van der Waals surface area (Å²) >= 11 is 0. The first kappa shape index (κ1) is 20.9. The number of sulfonamides is 1. The van der Waals surface area contributed by atoms with E-state index >= 15 is 0 Å². The fourth-order valence-corrected chi connectivity index (χ4v) is 5.84. The molecule has 30 heavy (non-hydrogen) atoms. The molecule has 1 atom stereocenters. The van der Waals surface area contributed by atoms with Gasteiger partial charge in [-0.1, -0.05) is 6.42 Å². The van der Waals surface area contributed by atoms with Gasteiger partial charge in [-0.05, 0) is 39.0 Å². The van der Waals surface area contributed by atoms with Crippen LogP contribution in [0.5, 0.6) is 0 Å². The highest BCUT2D eigenvalue weighted by atomic mass is 32.2. The summed E-state index contributed by atoms with van der Waals surface area (Å²) in [6, 6.07) is -0.455. The van der Waals surface area contributed by atoms with Gasteiger partial charge in [0.15, 0.2) is 5.03 Å². The summed E-state index contributed by atoms with van der Waals surface area (Å²) in [5, 5.41) is 0.0329. The summed E-state index contributed by atoms with van der Waals surface area (Å²) in [7, 11) is -2.01. The van der Waals surface area contributed by atoms with Gasteiger partial charge in [0.1, 0.15) is 5.82 Å². The maximum Gasteiger partial charge on any atom is 0.262 e. The van der Waals surface area contributed by atoms with Crippen LogP contribution in [-0.2, 0) is 17.1 Å². The first-order chi connectivity index (χ1) is 14.4. The molecule has 2 aliphatic heterocycles. The van der Waals surface area contributed by atoms with Gasteiger partial charge in [0.2, 0.25) is 0 Å². The lowest BCUT2D eigenvalue weighted by molar-refractivity contribution is 0.0722. The number of carbonyl (C=O) groups is 1. The Kier molecular flexibility index (Phi) is 5.88. The number of carbonyl (C=O) groups excluding carboxylic acids is 1. The first-order valence-corrected chi connectivity index (χ1v) is 11.9. The van der Waals surface area contributed by atoms with Crippen LogP contribution in [0.4, 0.5) is 0 Å². The molecule has 4 rings (SSSR count). The number of aryl methyl sites for hydroxylation is 2. The van der Waals surface area contributed by atoms with Gasteiger partial charge in [0, 0.05) is 39.1 Å². The Labute approximate surface area is 177 Å². The van der Waals surface area contributed by atoms with Gasteiger partial charge in [-0.25, -0.2) is 23.4 Å². The van der Waals surface area contributed by atoms with Crippen LogP contribution in [0.25, 0.3) is 0 Å². The van der Waals surface area contributed by atoms with Gasteiger partial charge < -0.3 is 9.47 Å². The molecule has 4 heterocycles. The SMILES string of the molecule is Cc1nc(C2CCCCN2S(=O)(=O)c2cn(C)cn2)ncc1C(=O)N1CCCCC1. The lowest BCUT2D eigenvalue weighted by Crippen LogP contribution is -2.40. The zero-order valence-corrected chi connectivity index (χ0v) is 18.3. The maximum absolute atomic E-state index is 13.2. The van der Waals surface area contributed by atoms with Gasteiger partial charge >= 0.3 is 0 Å². The number of aromatic nitrogens is 4. The van der Waals surface area contributed by atoms with E-state index in [2.05, 4.69) is 15.0 Å². The smallest absolute Gasteiger partial charge is 0.262 e. The maximum atomic E-state index is 13.2. The Morgan fingerprint density at radius 2 is 1.80 bits per heavy atom. The van der Waals surface area contributed by atoms with E-state index < -0.39 is 16.1 Å². The molecule has 2 saturated heterocycles. The van der Waals surface area contributed by atoms with Crippen LogP contribution in [0.2, 0.25) is 0 Å². The Hall–Kier alpha value is -2.33. The van der Waals surface area contributed by atoms with E-state index in [4.69, 9.17) is 0 Å². The summed E-state index contributed by atoms with van der Waals surface area (Å²) < 4.78 is 29.4. The van der Waals surface area contributed by atoms with E-state index in [-0.39, 0.29) is 10.9 Å². The number of hydrogen-bond donors (Lipinski definition) is 0. The summed E-state index contributed by atoms with van der Waals surface area (Å²) in [6.45, 7) is 3.72. The predicted octanol–water partition coefficient (Wildman–Crippen LogP) is 2.06. The van der Waals surface area contributed by atoms with E-state index in [0.717, 1.165) is 45.2 Å². The first-order valence-electron chi connectivity index (χ1n) is 10.5. The summed E-state index contributed by atoms with van der Waals surface area (Å²) in [5.41, 5.74) is 1.09. The minimum Gasteiger partial charge on any atom is -0.339 e.